The van der Waals surface area contributed by atoms with Crippen LogP contribution in [0, 0.1) is 5.92 Å². The van der Waals surface area contributed by atoms with Gasteiger partial charge in [0.2, 0.25) is 11.8 Å². The highest BCUT2D eigenvalue weighted by molar-refractivity contribution is 6.27. The van der Waals surface area contributed by atoms with Crippen LogP contribution < -0.4 is 15.0 Å². The smallest absolute Gasteiger partial charge is 0.335 e. The fourth-order valence-electron chi connectivity index (χ4n) is 3.05. The van der Waals surface area contributed by atoms with Crippen molar-refractivity contribution in [1.82, 2.24) is 5.32 Å². The number of ether oxygens (including phenoxy) is 1. The second-order valence-electron chi connectivity index (χ2n) is 6.82. The van der Waals surface area contributed by atoms with E-state index in [-0.39, 0.29) is 6.42 Å². The number of nitrogens with one attached hydrogen (secondary N) is 1. The van der Waals surface area contributed by atoms with E-state index in [0.29, 0.717) is 17.4 Å². The Balaban J connectivity index is 1.83. The monoisotopic (exact) mass is 366 g/mol. The van der Waals surface area contributed by atoms with Crippen molar-refractivity contribution in [2.45, 2.75) is 26.2 Å². The summed E-state index contributed by atoms with van der Waals surface area (Å²) in [4.78, 5) is 38.4. The Morgan fingerprint density at radius 1 is 1.00 bits per heavy atom. The lowest BCUT2D eigenvalue weighted by Crippen LogP contribution is -2.58. The lowest BCUT2D eigenvalue weighted by Gasteiger charge is -2.30. The Morgan fingerprint density at radius 3 is 2.19 bits per heavy atom. The van der Waals surface area contributed by atoms with Crippen LogP contribution in [0.5, 0.6) is 5.75 Å². The average molecular weight is 366 g/mol. The number of imide groups is 2. The van der Waals surface area contributed by atoms with E-state index in [9.17, 15) is 14.4 Å². The quantitative estimate of drug-likeness (QED) is 0.824. The number of nitrogens with zero attached hydrogens (tertiary/aromatic N) is 1. The third-order valence-electron chi connectivity index (χ3n) is 4.69. The molecule has 0 aliphatic carbocycles. The lowest BCUT2D eigenvalue weighted by molar-refractivity contribution is -0.134. The molecule has 1 heterocycles. The zero-order chi connectivity index (χ0) is 19.6. The molecule has 1 aliphatic rings. The van der Waals surface area contributed by atoms with Gasteiger partial charge in [-0.05, 0) is 47.7 Å². The Kier molecular flexibility index (Phi) is 5.26. The number of rotatable bonds is 5. The van der Waals surface area contributed by atoms with Gasteiger partial charge in [-0.1, -0.05) is 38.1 Å². The van der Waals surface area contributed by atoms with Crippen LogP contribution in [0.15, 0.2) is 48.5 Å². The molecule has 3 rings (SSSR count). The molecule has 140 valence electrons. The first-order valence-corrected chi connectivity index (χ1v) is 8.82. The standard InChI is InChI=1S/C21H22N2O4/c1-13(2)15-6-4-14(5-7-15)12-18-19(24)22-21(26)23(20(18)25)16-8-10-17(27-3)11-9-16/h4-11,13,18H,12H2,1-3H3,(H,22,24,26)/t18-/m0/s1. The molecule has 2 aromatic rings. The second kappa shape index (κ2) is 7.61. The van der Waals surface area contributed by atoms with Crippen LogP contribution in [-0.2, 0) is 16.0 Å². The molecule has 2 aromatic carbocycles. The number of hydrogen-bond donors (Lipinski definition) is 1. The Labute approximate surface area is 158 Å². The van der Waals surface area contributed by atoms with Gasteiger partial charge in [0.25, 0.3) is 0 Å². The van der Waals surface area contributed by atoms with Crippen LogP contribution in [0.1, 0.15) is 30.9 Å². The van der Waals surface area contributed by atoms with Crippen molar-refractivity contribution in [3.8, 4) is 5.75 Å². The minimum absolute atomic E-state index is 0.239. The van der Waals surface area contributed by atoms with Gasteiger partial charge in [0.1, 0.15) is 11.7 Å². The first kappa shape index (κ1) is 18.6. The number of benzene rings is 2. The van der Waals surface area contributed by atoms with Crippen molar-refractivity contribution in [3.63, 3.8) is 0 Å². The number of carbonyl (C=O) groups is 3. The van der Waals surface area contributed by atoms with E-state index >= 15 is 0 Å². The van der Waals surface area contributed by atoms with Crippen LogP contribution >= 0.6 is 0 Å². The molecule has 0 saturated carbocycles. The van der Waals surface area contributed by atoms with E-state index in [1.807, 2.05) is 24.3 Å². The summed E-state index contributed by atoms with van der Waals surface area (Å²) in [5, 5.41) is 2.28. The molecule has 0 unspecified atom stereocenters. The fourth-order valence-corrected chi connectivity index (χ4v) is 3.05. The number of anilines is 1. The molecule has 6 nitrogen and oxygen atoms in total. The van der Waals surface area contributed by atoms with Gasteiger partial charge in [0, 0.05) is 0 Å². The van der Waals surface area contributed by atoms with Crippen molar-refractivity contribution >= 4 is 23.5 Å². The summed E-state index contributed by atoms with van der Waals surface area (Å²) in [7, 11) is 1.53. The third kappa shape index (κ3) is 3.84. The molecule has 0 aromatic heterocycles. The number of amides is 4. The largest absolute Gasteiger partial charge is 0.497 e. The summed E-state index contributed by atoms with van der Waals surface area (Å²) >= 11 is 0. The topological polar surface area (TPSA) is 75.7 Å². The van der Waals surface area contributed by atoms with Gasteiger partial charge >= 0.3 is 6.03 Å². The summed E-state index contributed by atoms with van der Waals surface area (Å²) < 4.78 is 5.10. The first-order valence-electron chi connectivity index (χ1n) is 8.82. The van der Waals surface area contributed by atoms with Gasteiger partial charge in [0.05, 0.1) is 12.8 Å². The van der Waals surface area contributed by atoms with E-state index < -0.39 is 23.8 Å². The highest BCUT2D eigenvalue weighted by Crippen LogP contribution is 2.25. The fraction of sp³-hybridized carbons (Fsp3) is 0.286. The zero-order valence-electron chi connectivity index (χ0n) is 15.6. The van der Waals surface area contributed by atoms with Gasteiger partial charge in [-0.2, -0.15) is 0 Å². The molecule has 6 heteroatoms. The maximum Gasteiger partial charge on any atom is 0.335 e. The molecule has 4 amide bonds. The van der Waals surface area contributed by atoms with E-state index in [0.717, 1.165) is 10.5 Å². The SMILES string of the molecule is COc1ccc(N2C(=O)NC(=O)[C@H](Cc3ccc(C(C)C)cc3)C2=O)cc1. The molecule has 1 aliphatic heterocycles. The third-order valence-corrected chi connectivity index (χ3v) is 4.69. The van der Waals surface area contributed by atoms with Crippen LogP contribution in [-0.4, -0.2) is 25.0 Å². The lowest BCUT2D eigenvalue weighted by atomic mass is 9.93. The molecule has 27 heavy (non-hydrogen) atoms. The molecule has 1 N–H and O–H groups in total. The van der Waals surface area contributed by atoms with Crippen LogP contribution in [0.2, 0.25) is 0 Å². The minimum Gasteiger partial charge on any atom is -0.497 e. The Hall–Kier alpha value is -3.15. The van der Waals surface area contributed by atoms with Gasteiger partial charge < -0.3 is 4.74 Å². The van der Waals surface area contributed by atoms with Crippen molar-refractivity contribution in [2.24, 2.45) is 5.92 Å². The zero-order valence-corrected chi connectivity index (χ0v) is 15.6. The average Bonchev–Trinajstić information content (AvgIpc) is 2.66. The summed E-state index contributed by atoms with van der Waals surface area (Å²) in [6.07, 6.45) is 0.239. The number of carbonyl (C=O) groups excluding carboxylic acids is 3. The van der Waals surface area contributed by atoms with E-state index in [4.69, 9.17) is 4.74 Å². The van der Waals surface area contributed by atoms with Gasteiger partial charge in [-0.15, -0.1) is 0 Å². The number of barbiturate groups is 1. The maximum atomic E-state index is 12.9. The number of methoxy groups -OCH3 is 1. The molecule has 1 fully saturated rings. The van der Waals surface area contributed by atoms with Gasteiger partial charge in [-0.25, -0.2) is 9.69 Å². The molecular weight excluding hydrogens is 344 g/mol. The summed E-state index contributed by atoms with van der Waals surface area (Å²) in [6.45, 7) is 4.21. The van der Waals surface area contributed by atoms with E-state index in [1.165, 1.54) is 12.7 Å². The molecule has 0 radical (unpaired) electrons. The molecule has 1 atom stereocenters. The normalized spacial score (nSPS) is 17.3. The van der Waals surface area contributed by atoms with Crippen LogP contribution in [0.25, 0.3) is 0 Å². The molecule has 1 saturated heterocycles. The predicted octanol–water partition coefficient (Wildman–Crippen LogP) is 3.26. The maximum absolute atomic E-state index is 12.9. The molecule has 0 spiro atoms. The van der Waals surface area contributed by atoms with E-state index in [2.05, 4.69) is 19.2 Å². The van der Waals surface area contributed by atoms with Gasteiger partial charge in [0.15, 0.2) is 0 Å². The number of hydrogen-bond acceptors (Lipinski definition) is 4. The highest BCUT2D eigenvalue weighted by Gasteiger charge is 2.41. The van der Waals surface area contributed by atoms with Crippen molar-refractivity contribution in [2.75, 3.05) is 12.0 Å². The Morgan fingerprint density at radius 2 is 1.63 bits per heavy atom. The van der Waals surface area contributed by atoms with Crippen molar-refractivity contribution in [3.05, 3.63) is 59.7 Å². The van der Waals surface area contributed by atoms with Gasteiger partial charge in [-0.3, -0.25) is 14.9 Å². The van der Waals surface area contributed by atoms with Crippen LogP contribution in [0.4, 0.5) is 10.5 Å². The highest BCUT2D eigenvalue weighted by atomic mass is 16.5. The first-order chi connectivity index (χ1) is 12.9. The molecule has 0 bridgehead atoms. The van der Waals surface area contributed by atoms with Crippen molar-refractivity contribution in [1.29, 1.82) is 0 Å². The second-order valence-corrected chi connectivity index (χ2v) is 6.82. The summed E-state index contributed by atoms with van der Waals surface area (Å²) in [6, 6.07) is 13.6. The Bertz CT molecular complexity index is 857. The molecular formula is C21H22N2O4. The van der Waals surface area contributed by atoms with E-state index in [1.54, 1.807) is 24.3 Å². The van der Waals surface area contributed by atoms with Crippen LogP contribution in [0.3, 0.4) is 0 Å². The van der Waals surface area contributed by atoms with Crippen molar-refractivity contribution < 1.29 is 19.1 Å². The summed E-state index contributed by atoms with van der Waals surface area (Å²) in [5.74, 6) is -1.03. The predicted molar refractivity (Wildman–Crippen MR) is 102 cm³/mol. The number of urea groups is 1. The summed E-state index contributed by atoms with van der Waals surface area (Å²) in [5.41, 5.74) is 2.45. The minimum atomic E-state index is -0.949.